The number of nitrogens with two attached hydrogens (primary N) is 1. The molecule has 2 aromatic carbocycles. The molecule has 1 aromatic heterocycles. The second-order valence-corrected chi connectivity index (χ2v) is 8.54. The maximum absolute atomic E-state index is 13.7. The number of hydrogen-bond donors (Lipinski definition) is 2. The third kappa shape index (κ3) is 4.83. The Morgan fingerprint density at radius 3 is 2.22 bits per heavy atom. The molecule has 0 bridgehead atoms. The van der Waals surface area contributed by atoms with E-state index in [4.69, 9.17) is 5.73 Å². The van der Waals surface area contributed by atoms with E-state index in [1.54, 1.807) is 0 Å². The molecule has 2 heterocycles. The average molecular weight is 490 g/mol. The molecule has 0 radical (unpaired) electrons. The van der Waals surface area contributed by atoms with E-state index in [9.17, 15) is 24.0 Å². The van der Waals surface area contributed by atoms with E-state index < -0.39 is 17.2 Å². The molecule has 0 unspecified atom stereocenters. The quantitative estimate of drug-likeness (QED) is 0.466. The lowest BCUT2D eigenvalue weighted by atomic mass is 10.1. The van der Waals surface area contributed by atoms with Crippen LogP contribution in [-0.2, 0) is 22.7 Å². The van der Waals surface area contributed by atoms with Crippen LogP contribution in [0.5, 0.6) is 0 Å². The monoisotopic (exact) mass is 489 g/mol. The molecule has 0 spiro atoms. The van der Waals surface area contributed by atoms with Gasteiger partial charge in [-0.25, -0.2) is 4.79 Å². The molecule has 1 aliphatic rings. The van der Waals surface area contributed by atoms with Crippen molar-refractivity contribution >= 4 is 34.9 Å². The van der Waals surface area contributed by atoms with Gasteiger partial charge in [0.2, 0.25) is 11.8 Å². The molecule has 0 atom stereocenters. The van der Waals surface area contributed by atoms with Gasteiger partial charge in [0.15, 0.2) is 5.69 Å². The summed E-state index contributed by atoms with van der Waals surface area (Å²) in [5.74, 6) is -1.20. The maximum atomic E-state index is 13.7. The number of carbonyl (C=O) groups is 3. The Hall–Kier alpha value is -4.47. The molecule has 3 N–H and O–H groups in total. The van der Waals surface area contributed by atoms with Gasteiger partial charge >= 0.3 is 5.69 Å². The summed E-state index contributed by atoms with van der Waals surface area (Å²) >= 11 is 0. The Balaban J connectivity index is 1.76. The number of aromatic amines is 1. The van der Waals surface area contributed by atoms with Gasteiger partial charge in [0, 0.05) is 24.9 Å². The van der Waals surface area contributed by atoms with Gasteiger partial charge in [-0.1, -0.05) is 43.7 Å². The summed E-state index contributed by atoms with van der Waals surface area (Å²) in [6.45, 7) is 2.29. The SMILES string of the molecule is CCCCn1c(N)c(N(Cc2ccccc2)C(=O)c2ccc(N3C(=O)CCC3=O)cc2)c(=O)[nH]c1=O. The van der Waals surface area contributed by atoms with E-state index in [2.05, 4.69) is 4.98 Å². The molecular weight excluding hydrogens is 462 g/mol. The molecule has 10 heteroatoms. The topological polar surface area (TPSA) is 139 Å². The number of aromatic nitrogens is 2. The number of H-pyrrole nitrogens is 1. The van der Waals surface area contributed by atoms with Crippen molar-refractivity contribution < 1.29 is 14.4 Å². The number of nitrogen functional groups attached to an aromatic ring is 1. The first kappa shape index (κ1) is 24.6. The number of anilines is 3. The summed E-state index contributed by atoms with van der Waals surface area (Å²) in [6, 6.07) is 15.1. The van der Waals surface area contributed by atoms with Crippen LogP contribution >= 0.6 is 0 Å². The van der Waals surface area contributed by atoms with Crippen LogP contribution in [0, 0.1) is 0 Å². The molecule has 0 aliphatic carbocycles. The van der Waals surface area contributed by atoms with Crippen LogP contribution in [-0.4, -0.2) is 27.3 Å². The smallest absolute Gasteiger partial charge is 0.330 e. The summed E-state index contributed by atoms with van der Waals surface area (Å²) in [4.78, 5) is 67.8. The van der Waals surface area contributed by atoms with Crippen LogP contribution in [0.15, 0.2) is 64.2 Å². The first-order valence-electron chi connectivity index (χ1n) is 11.8. The van der Waals surface area contributed by atoms with E-state index in [1.807, 2.05) is 37.3 Å². The molecular formula is C26H27N5O5. The van der Waals surface area contributed by atoms with Crippen molar-refractivity contribution in [3.63, 3.8) is 0 Å². The van der Waals surface area contributed by atoms with Crippen molar-refractivity contribution in [2.75, 3.05) is 15.5 Å². The van der Waals surface area contributed by atoms with Gasteiger partial charge < -0.3 is 5.73 Å². The van der Waals surface area contributed by atoms with Gasteiger partial charge in [-0.15, -0.1) is 0 Å². The van der Waals surface area contributed by atoms with Gasteiger partial charge in [0.25, 0.3) is 11.5 Å². The fourth-order valence-electron chi connectivity index (χ4n) is 4.17. The third-order valence-corrected chi connectivity index (χ3v) is 6.07. The molecule has 36 heavy (non-hydrogen) atoms. The minimum atomic E-state index is -0.764. The minimum absolute atomic E-state index is 0.0315. The van der Waals surface area contributed by atoms with Crippen molar-refractivity contribution in [2.45, 2.75) is 45.7 Å². The predicted octanol–water partition coefficient (Wildman–Crippen LogP) is 2.42. The number of nitrogens with one attached hydrogen (secondary N) is 1. The molecule has 4 rings (SSSR count). The summed E-state index contributed by atoms with van der Waals surface area (Å²) in [5.41, 5.74) is 6.13. The summed E-state index contributed by atoms with van der Waals surface area (Å²) < 4.78 is 1.26. The van der Waals surface area contributed by atoms with Gasteiger partial charge in [-0.3, -0.25) is 38.5 Å². The fourth-order valence-corrected chi connectivity index (χ4v) is 4.17. The van der Waals surface area contributed by atoms with E-state index in [0.29, 0.717) is 18.7 Å². The fraction of sp³-hybridized carbons (Fsp3) is 0.269. The number of hydrogen-bond acceptors (Lipinski definition) is 6. The van der Waals surface area contributed by atoms with Crippen LogP contribution in [0.1, 0.15) is 48.5 Å². The Labute approximate surface area is 207 Å². The molecule has 186 valence electrons. The Bertz CT molecular complexity index is 1390. The summed E-state index contributed by atoms with van der Waals surface area (Å²) in [6.07, 6.45) is 1.78. The number of amides is 3. The van der Waals surface area contributed by atoms with Crippen LogP contribution < -0.4 is 26.8 Å². The lowest BCUT2D eigenvalue weighted by molar-refractivity contribution is -0.121. The van der Waals surface area contributed by atoms with Crippen molar-refractivity contribution in [1.82, 2.24) is 9.55 Å². The minimum Gasteiger partial charge on any atom is -0.383 e. The molecule has 1 aliphatic heterocycles. The molecule has 3 amide bonds. The highest BCUT2D eigenvalue weighted by atomic mass is 16.2. The average Bonchev–Trinajstić information content (AvgIpc) is 3.21. The van der Waals surface area contributed by atoms with Crippen LogP contribution in [0.3, 0.4) is 0 Å². The van der Waals surface area contributed by atoms with E-state index in [-0.39, 0.29) is 48.3 Å². The highest BCUT2D eigenvalue weighted by molar-refractivity contribution is 6.20. The van der Waals surface area contributed by atoms with Crippen LogP contribution in [0.25, 0.3) is 0 Å². The van der Waals surface area contributed by atoms with E-state index >= 15 is 0 Å². The zero-order valence-corrected chi connectivity index (χ0v) is 19.9. The standard InChI is InChI=1S/C26H27N5O5/c1-2-3-15-29-23(27)22(24(34)28-26(29)36)30(16-17-7-5-4-6-8-17)25(35)18-9-11-19(12-10-18)31-20(32)13-14-21(31)33/h4-12H,2-3,13-16,27H2,1H3,(H,28,34,36). The Morgan fingerprint density at radius 2 is 1.61 bits per heavy atom. The molecule has 1 fully saturated rings. The van der Waals surface area contributed by atoms with Crippen LogP contribution in [0.2, 0.25) is 0 Å². The van der Waals surface area contributed by atoms with Crippen molar-refractivity contribution in [2.24, 2.45) is 0 Å². The van der Waals surface area contributed by atoms with Gasteiger partial charge in [-0.05, 0) is 36.2 Å². The molecule has 0 saturated carbocycles. The van der Waals surface area contributed by atoms with E-state index in [0.717, 1.165) is 16.9 Å². The first-order chi connectivity index (χ1) is 17.3. The summed E-state index contributed by atoms with van der Waals surface area (Å²) in [5, 5.41) is 0. The largest absolute Gasteiger partial charge is 0.383 e. The normalized spacial score (nSPS) is 13.3. The van der Waals surface area contributed by atoms with Gasteiger partial charge in [0.05, 0.1) is 12.2 Å². The first-order valence-corrected chi connectivity index (χ1v) is 11.8. The predicted molar refractivity (Wildman–Crippen MR) is 136 cm³/mol. The van der Waals surface area contributed by atoms with Gasteiger partial charge in [0.1, 0.15) is 5.82 Å². The molecule has 3 aromatic rings. The van der Waals surface area contributed by atoms with Crippen LogP contribution in [0.4, 0.5) is 17.2 Å². The zero-order valence-electron chi connectivity index (χ0n) is 19.9. The van der Waals surface area contributed by atoms with Gasteiger partial charge in [-0.2, -0.15) is 0 Å². The number of benzene rings is 2. The van der Waals surface area contributed by atoms with E-state index in [1.165, 1.54) is 33.7 Å². The highest BCUT2D eigenvalue weighted by Gasteiger charge is 2.31. The zero-order chi connectivity index (χ0) is 25.8. The number of nitrogens with zero attached hydrogens (tertiary/aromatic N) is 3. The van der Waals surface area contributed by atoms with Crippen molar-refractivity contribution in [3.8, 4) is 0 Å². The second-order valence-electron chi connectivity index (χ2n) is 8.54. The number of carbonyl (C=O) groups excluding carboxylic acids is 3. The third-order valence-electron chi connectivity index (χ3n) is 6.07. The molecule has 1 saturated heterocycles. The van der Waals surface area contributed by atoms with Crippen molar-refractivity contribution in [3.05, 3.63) is 86.6 Å². The maximum Gasteiger partial charge on any atom is 0.330 e. The molecule has 10 nitrogen and oxygen atoms in total. The second kappa shape index (κ2) is 10.4. The Morgan fingerprint density at radius 1 is 0.972 bits per heavy atom. The summed E-state index contributed by atoms with van der Waals surface area (Å²) in [7, 11) is 0. The Kier molecular flexibility index (Phi) is 7.14. The van der Waals surface area contributed by atoms with Crippen molar-refractivity contribution in [1.29, 1.82) is 0 Å². The number of unbranched alkanes of at least 4 members (excludes halogenated alkanes) is 1. The lowest BCUT2D eigenvalue weighted by Gasteiger charge is -2.25. The lowest BCUT2D eigenvalue weighted by Crippen LogP contribution is -2.41. The number of imide groups is 1. The number of rotatable bonds is 8. The highest BCUT2D eigenvalue weighted by Crippen LogP contribution is 2.26.